The molecule has 2 aromatic carbocycles. The van der Waals surface area contributed by atoms with Crippen LogP contribution >= 0.6 is 0 Å². The Morgan fingerprint density at radius 3 is 2.45 bits per heavy atom. The zero-order valence-electron chi connectivity index (χ0n) is 11.2. The van der Waals surface area contributed by atoms with Gasteiger partial charge in [0.2, 0.25) is 0 Å². The van der Waals surface area contributed by atoms with E-state index in [1.807, 2.05) is 41.2 Å². The number of nitrogens with two attached hydrogens (primary N) is 1. The van der Waals surface area contributed by atoms with E-state index in [4.69, 9.17) is 5.73 Å². The summed E-state index contributed by atoms with van der Waals surface area (Å²) in [6.45, 7) is 0.643. The van der Waals surface area contributed by atoms with Gasteiger partial charge in [-0.1, -0.05) is 48.5 Å². The average molecular weight is 263 g/mol. The second-order valence-electron chi connectivity index (χ2n) is 4.71. The molecular weight excluding hydrogens is 246 g/mol. The minimum absolute atomic E-state index is 0.643. The second-order valence-corrected chi connectivity index (χ2v) is 4.71. The minimum Gasteiger partial charge on any atom is -0.330 e. The Balaban J connectivity index is 1.98. The maximum Gasteiger partial charge on any atom is 0.0678 e. The van der Waals surface area contributed by atoms with E-state index in [0.29, 0.717) is 6.54 Å². The monoisotopic (exact) mass is 263 g/mol. The van der Waals surface area contributed by atoms with Crippen LogP contribution in [0, 0.1) is 0 Å². The first-order chi connectivity index (χ1) is 9.88. The highest BCUT2D eigenvalue weighted by molar-refractivity contribution is 5.62. The molecule has 3 rings (SSSR count). The molecule has 0 fully saturated rings. The third-order valence-corrected chi connectivity index (χ3v) is 3.34. The summed E-state index contributed by atoms with van der Waals surface area (Å²) in [6.07, 6.45) is 4.82. The first-order valence-corrected chi connectivity index (χ1v) is 6.77. The predicted octanol–water partition coefficient (Wildman–Crippen LogP) is 3.04. The summed E-state index contributed by atoms with van der Waals surface area (Å²) < 4.78 is 1.92. The number of benzene rings is 2. The molecule has 1 aromatic heterocycles. The summed E-state index contributed by atoms with van der Waals surface area (Å²) in [5.41, 5.74) is 10.3. The van der Waals surface area contributed by atoms with Crippen molar-refractivity contribution in [1.29, 1.82) is 0 Å². The maximum atomic E-state index is 5.67. The SMILES string of the molecule is NCCc1ccccc1-n1cc(-c2ccccc2)cn1. The van der Waals surface area contributed by atoms with Gasteiger partial charge in [-0.3, -0.25) is 0 Å². The zero-order chi connectivity index (χ0) is 13.8. The second kappa shape index (κ2) is 5.72. The molecule has 3 aromatic rings. The molecule has 0 saturated heterocycles. The summed E-state index contributed by atoms with van der Waals surface area (Å²) in [4.78, 5) is 0. The van der Waals surface area contributed by atoms with E-state index in [1.54, 1.807) is 0 Å². The summed E-state index contributed by atoms with van der Waals surface area (Å²) >= 11 is 0. The first-order valence-electron chi connectivity index (χ1n) is 6.77. The molecule has 1 heterocycles. The largest absolute Gasteiger partial charge is 0.330 e. The lowest BCUT2D eigenvalue weighted by atomic mass is 10.1. The Morgan fingerprint density at radius 2 is 1.65 bits per heavy atom. The molecule has 0 bridgehead atoms. The Labute approximate surface area is 118 Å². The van der Waals surface area contributed by atoms with Crippen molar-refractivity contribution in [3.8, 4) is 16.8 Å². The van der Waals surface area contributed by atoms with Crippen molar-refractivity contribution >= 4 is 0 Å². The Bertz CT molecular complexity index is 686. The molecule has 3 heteroatoms. The van der Waals surface area contributed by atoms with Crippen molar-refractivity contribution in [2.75, 3.05) is 6.54 Å². The highest BCUT2D eigenvalue weighted by Gasteiger charge is 2.06. The molecule has 0 aliphatic heterocycles. The van der Waals surface area contributed by atoms with Crippen LogP contribution in [0.4, 0.5) is 0 Å². The number of rotatable bonds is 4. The third kappa shape index (κ3) is 2.49. The molecule has 0 atom stereocenters. The Hall–Kier alpha value is -2.39. The topological polar surface area (TPSA) is 43.8 Å². The van der Waals surface area contributed by atoms with E-state index in [2.05, 4.69) is 35.6 Å². The van der Waals surface area contributed by atoms with Gasteiger partial charge in [-0.15, -0.1) is 0 Å². The molecule has 0 saturated carbocycles. The molecular formula is C17H17N3. The van der Waals surface area contributed by atoms with Gasteiger partial charge in [0, 0.05) is 11.8 Å². The molecule has 0 spiro atoms. The predicted molar refractivity (Wildman–Crippen MR) is 81.8 cm³/mol. The summed E-state index contributed by atoms with van der Waals surface area (Å²) in [7, 11) is 0. The van der Waals surface area contributed by atoms with Crippen LogP contribution < -0.4 is 5.73 Å². The van der Waals surface area contributed by atoms with Crippen molar-refractivity contribution in [2.45, 2.75) is 6.42 Å². The number of nitrogens with zero attached hydrogens (tertiary/aromatic N) is 2. The van der Waals surface area contributed by atoms with Gasteiger partial charge >= 0.3 is 0 Å². The molecule has 20 heavy (non-hydrogen) atoms. The molecule has 0 aliphatic rings. The molecule has 2 N–H and O–H groups in total. The van der Waals surface area contributed by atoms with Gasteiger partial charge in [0.1, 0.15) is 0 Å². The van der Waals surface area contributed by atoms with E-state index < -0.39 is 0 Å². The van der Waals surface area contributed by atoms with Gasteiger partial charge in [0.05, 0.1) is 11.9 Å². The van der Waals surface area contributed by atoms with Crippen molar-refractivity contribution in [1.82, 2.24) is 9.78 Å². The van der Waals surface area contributed by atoms with Crippen LogP contribution in [0.15, 0.2) is 67.0 Å². The van der Waals surface area contributed by atoms with E-state index in [9.17, 15) is 0 Å². The van der Waals surface area contributed by atoms with E-state index >= 15 is 0 Å². The Morgan fingerprint density at radius 1 is 0.900 bits per heavy atom. The summed E-state index contributed by atoms with van der Waals surface area (Å²) in [6, 6.07) is 18.5. The molecule has 0 unspecified atom stereocenters. The fraction of sp³-hybridized carbons (Fsp3) is 0.118. The van der Waals surface area contributed by atoms with Crippen molar-refractivity contribution in [3.05, 3.63) is 72.6 Å². The van der Waals surface area contributed by atoms with E-state index in [-0.39, 0.29) is 0 Å². The minimum atomic E-state index is 0.643. The van der Waals surface area contributed by atoms with Crippen LogP contribution in [-0.4, -0.2) is 16.3 Å². The third-order valence-electron chi connectivity index (χ3n) is 3.34. The number of hydrogen-bond donors (Lipinski definition) is 1. The molecule has 0 aliphatic carbocycles. The fourth-order valence-electron chi connectivity index (χ4n) is 2.34. The number of aromatic nitrogens is 2. The molecule has 3 nitrogen and oxygen atoms in total. The van der Waals surface area contributed by atoms with Crippen LogP contribution in [0.1, 0.15) is 5.56 Å². The lowest BCUT2D eigenvalue weighted by Gasteiger charge is -2.08. The highest BCUT2D eigenvalue weighted by atomic mass is 15.3. The van der Waals surface area contributed by atoms with Gasteiger partial charge in [-0.25, -0.2) is 4.68 Å². The van der Waals surface area contributed by atoms with Crippen LogP contribution in [-0.2, 0) is 6.42 Å². The molecule has 100 valence electrons. The highest BCUT2D eigenvalue weighted by Crippen LogP contribution is 2.21. The normalized spacial score (nSPS) is 10.7. The standard InChI is InChI=1S/C17H17N3/c18-11-10-15-8-4-5-9-17(15)20-13-16(12-19-20)14-6-2-1-3-7-14/h1-9,12-13H,10-11,18H2. The lowest BCUT2D eigenvalue weighted by molar-refractivity contribution is 0.851. The van der Waals surface area contributed by atoms with Crippen molar-refractivity contribution in [3.63, 3.8) is 0 Å². The van der Waals surface area contributed by atoms with Crippen molar-refractivity contribution < 1.29 is 0 Å². The van der Waals surface area contributed by atoms with Gasteiger partial charge in [0.25, 0.3) is 0 Å². The van der Waals surface area contributed by atoms with Crippen LogP contribution in [0.5, 0.6) is 0 Å². The molecule has 0 radical (unpaired) electrons. The average Bonchev–Trinajstić information content (AvgIpc) is 2.99. The lowest BCUT2D eigenvalue weighted by Crippen LogP contribution is -2.06. The van der Waals surface area contributed by atoms with Crippen LogP contribution in [0.3, 0.4) is 0 Å². The van der Waals surface area contributed by atoms with Gasteiger partial charge in [0.15, 0.2) is 0 Å². The van der Waals surface area contributed by atoms with Gasteiger partial charge in [-0.05, 0) is 30.2 Å². The zero-order valence-corrected chi connectivity index (χ0v) is 11.2. The van der Waals surface area contributed by atoms with Crippen LogP contribution in [0.2, 0.25) is 0 Å². The Kier molecular flexibility index (Phi) is 3.61. The van der Waals surface area contributed by atoms with Crippen molar-refractivity contribution in [2.24, 2.45) is 5.73 Å². The number of hydrogen-bond acceptors (Lipinski definition) is 2. The van der Waals surface area contributed by atoms with Gasteiger partial charge < -0.3 is 5.73 Å². The fourth-order valence-corrected chi connectivity index (χ4v) is 2.34. The quantitative estimate of drug-likeness (QED) is 0.786. The summed E-state index contributed by atoms with van der Waals surface area (Å²) in [5, 5.41) is 4.48. The summed E-state index contributed by atoms with van der Waals surface area (Å²) in [5.74, 6) is 0. The maximum absolute atomic E-state index is 5.67. The van der Waals surface area contributed by atoms with Gasteiger partial charge in [-0.2, -0.15) is 5.10 Å². The van der Waals surface area contributed by atoms with Crippen LogP contribution in [0.25, 0.3) is 16.8 Å². The smallest absolute Gasteiger partial charge is 0.0678 e. The van der Waals surface area contributed by atoms with E-state index in [1.165, 1.54) is 11.1 Å². The van der Waals surface area contributed by atoms with E-state index in [0.717, 1.165) is 17.7 Å². The first kappa shape index (κ1) is 12.6. The number of para-hydroxylation sites is 1. The molecule has 0 amide bonds.